The molecule has 3 aromatic carbocycles. The summed E-state index contributed by atoms with van der Waals surface area (Å²) in [6.45, 7) is 0. The highest BCUT2D eigenvalue weighted by atomic mass is 79.9. The van der Waals surface area contributed by atoms with E-state index in [2.05, 4.69) is 21.2 Å². The lowest BCUT2D eigenvalue weighted by atomic mass is 10.1. The largest absolute Gasteiger partial charge is 0.399 e. The highest BCUT2D eigenvalue weighted by Gasteiger charge is 2.22. The number of hydrogen-bond acceptors (Lipinski definition) is 3. The second kappa shape index (κ2) is 8.23. The van der Waals surface area contributed by atoms with Crippen LogP contribution >= 0.6 is 27.7 Å². The van der Waals surface area contributed by atoms with E-state index in [0.717, 1.165) is 20.6 Å². The Bertz CT molecular complexity index is 853. The fourth-order valence-electron chi connectivity index (χ4n) is 2.37. The van der Waals surface area contributed by atoms with E-state index in [0.29, 0.717) is 5.69 Å². The summed E-state index contributed by atoms with van der Waals surface area (Å²) in [5.41, 5.74) is 8.27. The lowest BCUT2D eigenvalue weighted by molar-refractivity contribution is -0.115. The number of benzene rings is 3. The fourth-order valence-corrected chi connectivity index (χ4v) is 3.72. The Morgan fingerprint density at radius 2 is 1.68 bits per heavy atom. The van der Waals surface area contributed by atoms with Crippen molar-refractivity contribution < 1.29 is 4.79 Å². The Kier molecular flexibility index (Phi) is 5.79. The molecule has 0 aliphatic carbocycles. The van der Waals surface area contributed by atoms with E-state index in [9.17, 15) is 4.79 Å². The van der Waals surface area contributed by atoms with Crippen LogP contribution in [0.25, 0.3) is 0 Å². The highest BCUT2D eigenvalue weighted by molar-refractivity contribution is 9.10. The third-order valence-corrected chi connectivity index (χ3v) is 5.34. The van der Waals surface area contributed by atoms with Crippen LogP contribution in [0.3, 0.4) is 0 Å². The van der Waals surface area contributed by atoms with E-state index < -0.39 is 0 Å². The number of amides is 1. The molecule has 0 aromatic heterocycles. The first-order valence-corrected chi connectivity index (χ1v) is 9.43. The van der Waals surface area contributed by atoms with Crippen molar-refractivity contribution in [3.8, 4) is 0 Å². The van der Waals surface area contributed by atoms with Crippen LogP contribution in [0.2, 0.25) is 0 Å². The van der Waals surface area contributed by atoms with Crippen molar-refractivity contribution in [2.75, 3.05) is 11.1 Å². The quantitative estimate of drug-likeness (QED) is 0.429. The number of carbonyl (C=O) groups excluding carboxylic acids is 1. The van der Waals surface area contributed by atoms with Crippen LogP contribution in [0, 0.1) is 0 Å². The molecule has 3 rings (SSSR count). The van der Waals surface area contributed by atoms with Gasteiger partial charge in [-0.05, 0) is 48.0 Å². The van der Waals surface area contributed by atoms with Gasteiger partial charge in [0.05, 0.1) is 0 Å². The summed E-state index contributed by atoms with van der Waals surface area (Å²) in [5.74, 6) is -0.0686. The van der Waals surface area contributed by atoms with Crippen molar-refractivity contribution in [3.05, 3.63) is 88.9 Å². The summed E-state index contributed by atoms with van der Waals surface area (Å²) in [7, 11) is 0. The van der Waals surface area contributed by atoms with Gasteiger partial charge in [0.2, 0.25) is 5.91 Å². The molecule has 25 heavy (non-hydrogen) atoms. The van der Waals surface area contributed by atoms with E-state index in [1.54, 1.807) is 0 Å². The molecule has 0 radical (unpaired) electrons. The normalized spacial score (nSPS) is 11.7. The minimum atomic E-state index is -0.369. The number of rotatable bonds is 5. The molecule has 0 heterocycles. The lowest BCUT2D eigenvalue weighted by Gasteiger charge is -2.17. The Balaban J connectivity index is 1.85. The first kappa shape index (κ1) is 17.6. The maximum Gasteiger partial charge on any atom is 0.242 e. The van der Waals surface area contributed by atoms with Crippen LogP contribution in [0.5, 0.6) is 0 Å². The van der Waals surface area contributed by atoms with E-state index in [-0.39, 0.29) is 11.2 Å². The van der Waals surface area contributed by atoms with Gasteiger partial charge < -0.3 is 11.1 Å². The van der Waals surface area contributed by atoms with Gasteiger partial charge in [-0.2, -0.15) is 0 Å². The van der Waals surface area contributed by atoms with E-state index in [1.807, 2.05) is 78.9 Å². The van der Waals surface area contributed by atoms with E-state index >= 15 is 0 Å². The first-order chi connectivity index (χ1) is 12.1. The third kappa shape index (κ3) is 4.87. The van der Waals surface area contributed by atoms with Crippen molar-refractivity contribution in [2.24, 2.45) is 0 Å². The minimum Gasteiger partial charge on any atom is -0.399 e. The van der Waals surface area contributed by atoms with Gasteiger partial charge in [-0.3, -0.25) is 4.79 Å². The zero-order chi connectivity index (χ0) is 17.6. The predicted molar refractivity (Wildman–Crippen MR) is 109 cm³/mol. The summed E-state index contributed by atoms with van der Waals surface area (Å²) in [4.78, 5) is 13.9. The topological polar surface area (TPSA) is 55.1 Å². The number of thioether (sulfide) groups is 1. The smallest absolute Gasteiger partial charge is 0.242 e. The molecule has 1 unspecified atom stereocenters. The molecule has 126 valence electrons. The average molecular weight is 413 g/mol. The maximum absolute atomic E-state index is 12.9. The molecule has 0 aliphatic rings. The molecule has 0 aliphatic heterocycles. The van der Waals surface area contributed by atoms with E-state index in [4.69, 9.17) is 5.73 Å². The molecule has 3 N–H and O–H groups in total. The molecule has 0 fully saturated rings. The number of nitrogens with one attached hydrogen (secondary N) is 1. The summed E-state index contributed by atoms with van der Waals surface area (Å²) >= 11 is 4.88. The fraction of sp³-hybridized carbons (Fsp3) is 0.0500. The molecule has 0 saturated heterocycles. The molecule has 1 amide bonds. The average Bonchev–Trinajstić information content (AvgIpc) is 2.62. The molecule has 3 aromatic rings. The van der Waals surface area contributed by atoms with Crippen LogP contribution in [0.15, 0.2) is 88.2 Å². The third-order valence-electron chi connectivity index (χ3n) is 3.56. The van der Waals surface area contributed by atoms with Gasteiger partial charge in [-0.25, -0.2) is 0 Å². The van der Waals surface area contributed by atoms with Crippen molar-refractivity contribution in [1.82, 2.24) is 0 Å². The summed E-state index contributed by atoms with van der Waals surface area (Å²) in [6, 6.07) is 24.9. The Hall–Kier alpha value is -2.24. The zero-order valence-electron chi connectivity index (χ0n) is 13.4. The van der Waals surface area contributed by atoms with Gasteiger partial charge in [-0.1, -0.05) is 52.3 Å². The molecule has 5 heteroatoms. The van der Waals surface area contributed by atoms with Crippen molar-refractivity contribution in [3.63, 3.8) is 0 Å². The van der Waals surface area contributed by atoms with Crippen molar-refractivity contribution in [2.45, 2.75) is 10.1 Å². The number of halogens is 1. The maximum atomic E-state index is 12.9. The van der Waals surface area contributed by atoms with Crippen LogP contribution in [-0.4, -0.2) is 5.91 Å². The second-order valence-corrected chi connectivity index (χ2v) is 7.57. The highest BCUT2D eigenvalue weighted by Crippen LogP contribution is 2.36. The number of carbonyl (C=O) groups is 1. The first-order valence-electron chi connectivity index (χ1n) is 7.75. The van der Waals surface area contributed by atoms with Gasteiger partial charge in [-0.15, -0.1) is 11.8 Å². The van der Waals surface area contributed by atoms with Gasteiger partial charge in [0, 0.05) is 20.7 Å². The summed E-state index contributed by atoms with van der Waals surface area (Å²) < 4.78 is 0.972. The van der Waals surface area contributed by atoms with Gasteiger partial charge in [0.25, 0.3) is 0 Å². The molecule has 0 bridgehead atoms. The van der Waals surface area contributed by atoms with E-state index in [1.165, 1.54) is 11.8 Å². The molecular weight excluding hydrogens is 396 g/mol. The van der Waals surface area contributed by atoms with Gasteiger partial charge in [0.1, 0.15) is 5.25 Å². The SMILES string of the molecule is Nc1cccc(SC(C(=O)Nc2ccc(Br)cc2)c2ccccc2)c1. The molecule has 1 atom stereocenters. The lowest BCUT2D eigenvalue weighted by Crippen LogP contribution is -2.19. The van der Waals surface area contributed by atoms with Crippen LogP contribution in [0.1, 0.15) is 10.8 Å². The second-order valence-electron chi connectivity index (χ2n) is 5.48. The zero-order valence-corrected chi connectivity index (χ0v) is 15.8. The van der Waals surface area contributed by atoms with Crippen LogP contribution < -0.4 is 11.1 Å². The Labute approximate surface area is 159 Å². The van der Waals surface area contributed by atoms with Gasteiger partial charge >= 0.3 is 0 Å². The molecule has 3 nitrogen and oxygen atoms in total. The molecular formula is C20H17BrN2OS. The summed E-state index contributed by atoms with van der Waals surface area (Å²) in [5, 5.41) is 2.62. The predicted octanol–water partition coefficient (Wildman–Crippen LogP) is 5.50. The number of nitrogen functional groups attached to an aromatic ring is 1. The minimum absolute atomic E-state index is 0.0686. The standard InChI is InChI=1S/C20H17BrN2OS/c21-15-9-11-17(12-10-15)23-20(24)19(14-5-2-1-3-6-14)25-18-8-4-7-16(22)13-18/h1-13,19H,22H2,(H,23,24). The number of hydrogen-bond donors (Lipinski definition) is 2. The van der Waals surface area contributed by atoms with Crippen LogP contribution in [-0.2, 0) is 4.79 Å². The van der Waals surface area contributed by atoms with Crippen molar-refractivity contribution >= 4 is 45.0 Å². The van der Waals surface area contributed by atoms with Crippen LogP contribution in [0.4, 0.5) is 11.4 Å². The van der Waals surface area contributed by atoms with Gasteiger partial charge in [0.15, 0.2) is 0 Å². The summed E-state index contributed by atoms with van der Waals surface area (Å²) in [6.07, 6.45) is 0. The van der Waals surface area contributed by atoms with Crippen molar-refractivity contribution in [1.29, 1.82) is 0 Å². The Morgan fingerprint density at radius 3 is 2.36 bits per heavy atom. The number of anilines is 2. The monoisotopic (exact) mass is 412 g/mol. The molecule has 0 saturated carbocycles. The molecule has 0 spiro atoms. The Morgan fingerprint density at radius 1 is 0.960 bits per heavy atom. The number of nitrogens with two attached hydrogens (primary N) is 1.